The van der Waals surface area contributed by atoms with E-state index < -0.39 is 0 Å². The predicted octanol–water partition coefficient (Wildman–Crippen LogP) is 4.45. The Labute approximate surface area is 134 Å². The van der Waals surface area contributed by atoms with Gasteiger partial charge in [0.05, 0.1) is 12.9 Å². The van der Waals surface area contributed by atoms with Gasteiger partial charge in [-0.1, -0.05) is 19.4 Å². The summed E-state index contributed by atoms with van der Waals surface area (Å²) in [5, 5.41) is 10.1. The standard InChI is InChI=1S/C20H30O2/c1-19-10-7-15(22-2)12-14(19)5-6-16-17(19)8-11-20(13-21)9-3-4-18(16)20/h5,12,16-18,21H,3-4,6-11,13H2,1-2H3/t16-,17+,18+,19+,20+/m1/s1. The zero-order chi connectivity index (χ0) is 15.4. The molecule has 4 rings (SSSR count). The van der Waals surface area contributed by atoms with Crippen molar-refractivity contribution in [2.24, 2.45) is 28.6 Å². The van der Waals surface area contributed by atoms with Crippen LogP contribution in [0.5, 0.6) is 0 Å². The van der Waals surface area contributed by atoms with Gasteiger partial charge < -0.3 is 9.84 Å². The van der Waals surface area contributed by atoms with Crippen molar-refractivity contribution >= 4 is 0 Å². The van der Waals surface area contributed by atoms with E-state index in [-0.39, 0.29) is 5.41 Å². The van der Waals surface area contributed by atoms with Gasteiger partial charge in [-0.25, -0.2) is 0 Å². The zero-order valence-corrected chi connectivity index (χ0v) is 14.1. The van der Waals surface area contributed by atoms with Crippen LogP contribution in [-0.2, 0) is 4.74 Å². The average Bonchev–Trinajstić information content (AvgIpc) is 2.98. The van der Waals surface area contributed by atoms with Crippen molar-refractivity contribution in [3.05, 3.63) is 23.5 Å². The Morgan fingerprint density at radius 1 is 1.23 bits per heavy atom. The lowest BCUT2D eigenvalue weighted by Crippen LogP contribution is -2.49. The number of aliphatic hydroxyl groups is 1. The highest BCUT2D eigenvalue weighted by molar-refractivity contribution is 5.35. The van der Waals surface area contributed by atoms with Gasteiger partial charge in [0.25, 0.3) is 0 Å². The number of rotatable bonds is 2. The lowest BCUT2D eigenvalue weighted by Gasteiger charge is -2.56. The summed E-state index contributed by atoms with van der Waals surface area (Å²) in [7, 11) is 1.80. The molecule has 0 bridgehead atoms. The van der Waals surface area contributed by atoms with Crippen molar-refractivity contribution in [2.75, 3.05) is 13.7 Å². The number of hydrogen-bond acceptors (Lipinski definition) is 2. The van der Waals surface area contributed by atoms with Gasteiger partial charge >= 0.3 is 0 Å². The third kappa shape index (κ3) is 1.89. The zero-order valence-electron chi connectivity index (χ0n) is 14.1. The third-order valence-corrected chi connectivity index (χ3v) is 7.84. The van der Waals surface area contributed by atoms with Gasteiger partial charge in [-0.3, -0.25) is 0 Å². The van der Waals surface area contributed by atoms with Gasteiger partial charge in [0.15, 0.2) is 0 Å². The van der Waals surface area contributed by atoms with E-state index in [1.165, 1.54) is 50.5 Å². The highest BCUT2D eigenvalue weighted by atomic mass is 16.5. The van der Waals surface area contributed by atoms with E-state index in [1.54, 1.807) is 7.11 Å². The van der Waals surface area contributed by atoms with Crippen LogP contribution in [0.25, 0.3) is 0 Å². The molecule has 0 spiro atoms. The van der Waals surface area contributed by atoms with Crippen molar-refractivity contribution in [3.8, 4) is 0 Å². The largest absolute Gasteiger partial charge is 0.501 e. The highest BCUT2D eigenvalue weighted by Crippen LogP contribution is 2.64. The van der Waals surface area contributed by atoms with E-state index in [9.17, 15) is 5.11 Å². The van der Waals surface area contributed by atoms with Crippen molar-refractivity contribution in [1.82, 2.24) is 0 Å². The molecule has 0 unspecified atom stereocenters. The summed E-state index contributed by atoms with van der Waals surface area (Å²) in [6.07, 6.45) is 14.9. The first-order valence-electron chi connectivity index (χ1n) is 9.19. The monoisotopic (exact) mass is 302 g/mol. The number of aliphatic hydroxyl groups excluding tert-OH is 1. The van der Waals surface area contributed by atoms with Gasteiger partial charge in [-0.2, -0.15) is 0 Å². The van der Waals surface area contributed by atoms with Gasteiger partial charge in [0.1, 0.15) is 0 Å². The molecular weight excluding hydrogens is 272 g/mol. The van der Waals surface area contributed by atoms with Crippen LogP contribution in [0.2, 0.25) is 0 Å². The Morgan fingerprint density at radius 3 is 2.86 bits per heavy atom. The van der Waals surface area contributed by atoms with Crippen molar-refractivity contribution in [3.63, 3.8) is 0 Å². The summed E-state index contributed by atoms with van der Waals surface area (Å²) < 4.78 is 5.51. The first-order chi connectivity index (χ1) is 10.6. The lowest BCUT2D eigenvalue weighted by atomic mass is 9.48. The highest BCUT2D eigenvalue weighted by Gasteiger charge is 2.56. The molecule has 4 aliphatic carbocycles. The van der Waals surface area contributed by atoms with E-state index >= 15 is 0 Å². The molecule has 0 aromatic heterocycles. The van der Waals surface area contributed by atoms with Crippen molar-refractivity contribution in [2.45, 2.75) is 58.3 Å². The fourth-order valence-electron chi connectivity index (χ4n) is 6.53. The molecule has 5 atom stereocenters. The second kappa shape index (κ2) is 5.12. The molecule has 122 valence electrons. The minimum atomic E-state index is 0.269. The Hall–Kier alpha value is -0.760. The maximum atomic E-state index is 10.1. The summed E-state index contributed by atoms with van der Waals surface area (Å²) in [6.45, 7) is 2.92. The van der Waals surface area contributed by atoms with E-state index in [1.807, 2.05) is 0 Å². The Bertz CT molecular complexity index is 520. The molecule has 0 heterocycles. The quantitative estimate of drug-likeness (QED) is 0.816. The molecule has 0 amide bonds. The maximum Gasteiger partial charge on any atom is 0.0958 e. The van der Waals surface area contributed by atoms with E-state index in [2.05, 4.69) is 19.1 Å². The van der Waals surface area contributed by atoms with Gasteiger partial charge in [-0.15, -0.1) is 0 Å². The molecule has 22 heavy (non-hydrogen) atoms. The van der Waals surface area contributed by atoms with Gasteiger partial charge in [-0.05, 0) is 78.8 Å². The van der Waals surface area contributed by atoms with E-state index in [4.69, 9.17) is 4.74 Å². The Kier molecular flexibility index (Phi) is 3.45. The topological polar surface area (TPSA) is 29.5 Å². The second-order valence-electron chi connectivity index (χ2n) is 8.46. The normalized spacial score (nSPS) is 47.0. The average molecular weight is 302 g/mol. The smallest absolute Gasteiger partial charge is 0.0958 e. The molecule has 0 aliphatic heterocycles. The van der Waals surface area contributed by atoms with Crippen LogP contribution in [0.3, 0.4) is 0 Å². The van der Waals surface area contributed by atoms with Crippen LogP contribution in [0.1, 0.15) is 58.3 Å². The minimum absolute atomic E-state index is 0.269. The van der Waals surface area contributed by atoms with Crippen molar-refractivity contribution < 1.29 is 9.84 Å². The third-order valence-electron chi connectivity index (χ3n) is 7.84. The lowest BCUT2D eigenvalue weighted by molar-refractivity contribution is -0.0540. The van der Waals surface area contributed by atoms with Gasteiger partial charge in [0, 0.05) is 13.0 Å². The SMILES string of the molecule is COC1=CC2=CC[C@H]3[C@@H]4CCC[C@@]4(CO)CC[C@@H]3[C@@]2(C)CC1. The summed E-state index contributed by atoms with van der Waals surface area (Å²) >= 11 is 0. The number of hydrogen-bond donors (Lipinski definition) is 1. The first kappa shape index (κ1) is 14.8. The number of fused-ring (bicyclic) bond motifs is 5. The number of ether oxygens (including phenoxy) is 1. The second-order valence-corrected chi connectivity index (χ2v) is 8.46. The predicted molar refractivity (Wildman–Crippen MR) is 88.2 cm³/mol. The number of allylic oxidation sites excluding steroid dienone is 4. The molecule has 4 aliphatic rings. The Balaban J connectivity index is 1.69. The van der Waals surface area contributed by atoms with Crippen LogP contribution in [0.15, 0.2) is 23.5 Å². The molecule has 0 aromatic rings. The van der Waals surface area contributed by atoms with Crippen LogP contribution >= 0.6 is 0 Å². The van der Waals surface area contributed by atoms with E-state index in [0.717, 1.165) is 29.9 Å². The maximum absolute atomic E-state index is 10.1. The molecule has 2 fully saturated rings. The van der Waals surface area contributed by atoms with Crippen LogP contribution in [0, 0.1) is 28.6 Å². The van der Waals surface area contributed by atoms with Crippen molar-refractivity contribution in [1.29, 1.82) is 0 Å². The van der Waals surface area contributed by atoms with Crippen LogP contribution < -0.4 is 0 Å². The molecule has 0 aromatic carbocycles. The molecule has 0 radical (unpaired) electrons. The summed E-state index contributed by atoms with van der Waals surface area (Å²) in [4.78, 5) is 0. The van der Waals surface area contributed by atoms with Crippen LogP contribution in [0.4, 0.5) is 0 Å². The fraction of sp³-hybridized carbons (Fsp3) is 0.800. The molecule has 2 nitrogen and oxygen atoms in total. The van der Waals surface area contributed by atoms with Crippen LogP contribution in [-0.4, -0.2) is 18.8 Å². The molecule has 1 N–H and O–H groups in total. The molecule has 2 saturated carbocycles. The molecule has 2 heteroatoms. The summed E-state index contributed by atoms with van der Waals surface area (Å²) in [5.74, 6) is 3.53. The summed E-state index contributed by atoms with van der Waals surface area (Å²) in [5.41, 5.74) is 2.14. The Morgan fingerprint density at radius 2 is 2.09 bits per heavy atom. The molecule has 0 saturated heterocycles. The minimum Gasteiger partial charge on any atom is -0.501 e. The first-order valence-corrected chi connectivity index (χ1v) is 9.19. The van der Waals surface area contributed by atoms with Gasteiger partial charge in [0.2, 0.25) is 0 Å². The number of methoxy groups -OCH3 is 1. The summed E-state index contributed by atoms with van der Waals surface area (Å²) in [6, 6.07) is 0. The molecular formula is C20H30O2. The van der Waals surface area contributed by atoms with E-state index in [0.29, 0.717) is 12.0 Å². The fourth-order valence-corrected chi connectivity index (χ4v) is 6.53.